The maximum absolute atomic E-state index is 12.7. The van der Waals surface area contributed by atoms with Crippen LogP contribution in [0.2, 0.25) is 5.02 Å². The number of nitro benzene ring substituents is 1. The van der Waals surface area contributed by atoms with Gasteiger partial charge < -0.3 is 9.47 Å². The van der Waals surface area contributed by atoms with Gasteiger partial charge in [0.1, 0.15) is 17.1 Å². The number of benzene rings is 2. The number of hydrogen-bond acceptors (Lipinski definition) is 5. The maximum atomic E-state index is 12.7. The van der Waals surface area contributed by atoms with Crippen molar-refractivity contribution >= 4 is 34.9 Å². The summed E-state index contributed by atoms with van der Waals surface area (Å²) in [4.78, 5) is 22.4. The van der Waals surface area contributed by atoms with Crippen LogP contribution in [0.25, 0.3) is 0 Å². The number of carbonyl (C=O) groups is 1. The number of alkyl halides is 4. The molecule has 2 aromatic carbocycles. The molecule has 2 aromatic rings. The van der Waals surface area contributed by atoms with Gasteiger partial charge in [-0.2, -0.15) is 13.2 Å². The number of halogens is 5. The molecule has 0 saturated heterocycles. The number of esters is 1. The lowest BCUT2D eigenvalue weighted by atomic mass is 10.1. The number of nitro groups is 1. The van der Waals surface area contributed by atoms with E-state index in [4.69, 9.17) is 32.7 Å². The van der Waals surface area contributed by atoms with Crippen LogP contribution in [0.15, 0.2) is 36.4 Å². The minimum Gasteiger partial charge on any atom is -0.462 e. The van der Waals surface area contributed by atoms with E-state index in [2.05, 4.69) is 0 Å². The zero-order chi connectivity index (χ0) is 20.9. The van der Waals surface area contributed by atoms with E-state index in [1.165, 1.54) is 6.07 Å². The molecule has 0 saturated carbocycles. The highest BCUT2D eigenvalue weighted by Gasteiger charge is 2.31. The Morgan fingerprint density at radius 3 is 2.46 bits per heavy atom. The predicted molar refractivity (Wildman–Crippen MR) is 95.2 cm³/mol. The van der Waals surface area contributed by atoms with E-state index in [1.54, 1.807) is 0 Å². The highest BCUT2D eigenvalue weighted by Crippen LogP contribution is 2.37. The quantitative estimate of drug-likeness (QED) is 0.178. The molecular formula is C17H12Cl2F3NO5. The Kier molecular flexibility index (Phi) is 7.09. The highest BCUT2D eigenvalue weighted by molar-refractivity contribution is 6.32. The standard InChI is InChI=1S/C17H12Cl2F3NO5/c18-6-1-7-27-16(24)12-9-11(3-4-14(12)23(25)26)28-15-5-2-10(8-13(15)19)17(20,21)22/h2-5,8-9H,1,6-7H2. The Labute approximate surface area is 166 Å². The summed E-state index contributed by atoms with van der Waals surface area (Å²) in [7, 11) is 0. The second-order valence-corrected chi connectivity index (χ2v) is 6.14. The van der Waals surface area contributed by atoms with Gasteiger partial charge in [-0.15, -0.1) is 11.6 Å². The average molecular weight is 438 g/mol. The van der Waals surface area contributed by atoms with E-state index < -0.39 is 28.3 Å². The van der Waals surface area contributed by atoms with Gasteiger partial charge in [-0.1, -0.05) is 11.6 Å². The summed E-state index contributed by atoms with van der Waals surface area (Å²) >= 11 is 11.3. The van der Waals surface area contributed by atoms with Gasteiger partial charge in [0, 0.05) is 18.0 Å². The lowest BCUT2D eigenvalue weighted by Crippen LogP contribution is -2.09. The molecule has 0 unspecified atom stereocenters. The zero-order valence-corrected chi connectivity index (χ0v) is 15.5. The molecule has 0 aliphatic heterocycles. The first-order valence-corrected chi connectivity index (χ1v) is 8.61. The Balaban J connectivity index is 2.30. The summed E-state index contributed by atoms with van der Waals surface area (Å²) in [5, 5.41) is 10.8. The molecule has 0 spiro atoms. The van der Waals surface area contributed by atoms with Gasteiger partial charge in [0.25, 0.3) is 5.69 Å². The van der Waals surface area contributed by atoms with Gasteiger partial charge in [-0.05, 0) is 30.7 Å². The molecular weight excluding hydrogens is 426 g/mol. The Hall–Kier alpha value is -2.52. The van der Waals surface area contributed by atoms with Gasteiger partial charge >= 0.3 is 12.1 Å². The topological polar surface area (TPSA) is 78.7 Å². The van der Waals surface area contributed by atoms with Crippen LogP contribution in [0.1, 0.15) is 22.3 Å². The lowest BCUT2D eigenvalue weighted by Gasteiger charge is -2.12. The second-order valence-electron chi connectivity index (χ2n) is 5.36. The number of nitrogens with zero attached hydrogens (tertiary/aromatic N) is 1. The van der Waals surface area contributed by atoms with Crippen LogP contribution in [-0.4, -0.2) is 23.4 Å². The van der Waals surface area contributed by atoms with Gasteiger partial charge in [0.05, 0.1) is 22.1 Å². The third kappa shape index (κ3) is 5.49. The van der Waals surface area contributed by atoms with Gasteiger partial charge in [-0.3, -0.25) is 10.1 Å². The fourth-order valence-electron chi connectivity index (χ4n) is 2.09. The zero-order valence-electron chi connectivity index (χ0n) is 14.0. The lowest BCUT2D eigenvalue weighted by molar-refractivity contribution is -0.385. The van der Waals surface area contributed by atoms with Crippen LogP contribution in [0.4, 0.5) is 18.9 Å². The number of ether oxygens (including phenoxy) is 2. The fourth-order valence-corrected chi connectivity index (χ4v) is 2.41. The van der Waals surface area contributed by atoms with Gasteiger partial charge in [0.2, 0.25) is 0 Å². The summed E-state index contributed by atoms with van der Waals surface area (Å²) in [5.41, 5.74) is -1.85. The van der Waals surface area contributed by atoms with Crippen molar-refractivity contribution in [1.29, 1.82) is 0 Å². The van der Waals surface area contributed by atoms with Gasteiger partial charge in [-0.25, -0.2) is 4.79 Å². The Bertz CT molecular complexity index is 890. The summed E-state index contributed by atoms with van der Waals surface area (Å²) < 4.78 is 48.4. The van der Waals surface area contributed by atoms with Crippen molar-refractivity contribution in [2.45, 2.75) is 12.6 Å². The van der Waals surface area contributed by atoms with Crippen molar-refractivity contribution in [3.63, 3.8) is 0 Å². The van der Waals surface area contributed by atoms with E-state index in [0.29, 0.717) is 12.5 Å². The normalized spacial score (nSPS) is 11.2. The average Bonchev–Trinajstić information content (AvgIpc) is 2.62. The van der Waals surface area contributed by atoms with Crippen molar-refractivity contribution in [2.24, 2.45) is 0 Å². The van der Waals surface area contributed by atoms with Crippen molar-refractivity contribution in [2.75, 3.05) is 12.5 Å². The Morgan fingerprint density at radius 1 is 1.18 bits per heavy atom. The fraction of sp³-hybridized carbons (Fsp3) is 0.235. The first-order chi connectivity index (χ1) is 13.1. The first kappa shape index (κ1) is 21.8. The van der Waals surface area contributed by atoms with Crippen LogP contribution < -0.4 is 4.74 Å². The molecule has 0 fully saturated rings. The largest absolute Gasteiger partial charge is 0.462 e. The number of rotatable bonds is 7. The molecule has 28 heavy (non-hydrogen) atoms. The number of hydrogen-bond donors (Lipinski definition) is 0. The molecule has 150 valence electrons. The molecule has 0 heterocycles. The molecule has 0 aliphatic rings. The third-order valence-electron chi connectivity index (χ3n) is 3.38. The molecule has 0 N–H and O–H groups in total. The van der Waals surface area contributed by atoms with E-state index in [-0.39, 0.29) is 34.6 Å². The van der Waals surface area contributed by atoms with E-state index in [0.717, 1.165) is 24.3 Å². The van der Waals surface area contributed by atoms with E-state index >= 15 is 0 Å². The maximum Gasteiger partial charge on any atom is 0.416 e. The van der Waals surface area contributed by atoms with Crippen LogP contribution in [0.5, 0.6) is 11.5 Å². The molecule has 2 rings (SSSR count). The molecule has 11 heteroatoms. The summed E-state index contributed by atoms with van der Waals surface area (Å²) in [5.74, 6) is -0.882. The Morgan fingerprint density at radius 2 is 1.89 bits per heavy atom. The third-order valence-corrected chi connectivity index (χ3v) is 3.95. The minimum atomic E-state index is -4.57. The van der Waals surface area contributed by atoms with E-state index in [9.17, 15) is 28.1 Å². The van der Waals surface area contributed by atoms with Gasteiger partial charge in [0.15, 0.2) is 0 Å². The summed E-state index contributed by atoms with van der Waals surface area (Å²) in [6.07, 6.45) is -4.21. The van der Waals surface area contributed by atoms with Crippen molar-refractivity contribution in [1.82, 2.24) is 0 Å². The van der Waals surface area contributed by atoms with E-state index in [1.807, 2.05) is 0 Å². The number of carbonyl (C=O) groups excluding carboxylic acids is 1. The highest BCUT2D eigenvalue weighted by atomic mass is 35.5. The molecule has 0 bridgehead atoms. The molecule has 0 atom stereocenters. The SMILES string of the molecule is O=C(OCCCCl)c1cc(Oc2ccc(C(F)(F)F)cc2Cl)ccc1[N+](=O)[O-]. The molecule has 0 radical (unpaired) electrons. The second kappa shape index (κ2) is 9.11. The summed E-state index contributed by atoms with van der Waals surface area (Å²) in [6.45, 7) is -0.0324. The molecule has 0 aromatic heterocycles. The van der Waals surface area contributed by atoms with Crippen molar-refractivity contribution in [3.8, 4) is 11.5 Å². The van der Waals surface area contributed by atoms with Crippen LogP contribution >= 0.6 is 23.2 Å². The van der Waals surface area contributed by atoms with Crippen molar-refractivity contribution < 1.29 is 32.4 Å². The smallest absolute Gasteiger partial charge is 0.416 e. The van der Waals surface area contributed by atoms with Crippen LogP contribution in [0.3, 0.4) is 0 Å². The van der Waals surface area contributed by atoms with Crippen LogP contribution in [-0.2, 0) is 10.9 Å². The van der Waals surface area contributed by atoms with Crippen LogP contribution in [0, 0.1) is 10.1 Å². The molecule has 0 amide bonds. The molecule has 0 aliphatic carbocycles. The summed E-state index contributed by atoms with van der Waals surface area (Å²) in [6, 6.07) is 5.71. The minimum absolute atomic E-state index is 0.0324. The first-order valence-electron chi connectivity index (χ1n) is 7.69. The van der Waals surface area contributed by atoms with Crippen molar-refractivity contribution in [3.05, 3.63) is 62.7 Å². The predicted octanol–water partition coefficient (Wildman–Crippen LogP) is 5.85. The molecule has 6 nitrogen and oxygen atoms in total. The monoisotopic (exact) mass is 437 g/mol.